The molecule has 0 aliphatic heterocycles. The highest BCUT2D eigenvalue weighted by molar-refractivity contribution is 7.07. The Hall–Kier alpha value is -1.39. The minimum atomic E-state index is 0.923. The molecule has 0 aromatic carbocycles. The predicted molar refractivity (Wildman–Crippen MR) is 73.3 cm³/mol. The molecule has 4 heteroatoms. The van der Waals surface area contributed by atoms with Gasteiger partial charge in [-0.2, -0.15) is 11.3 Å². The zero-order chi connectivity index (χ0) is 12.1. The van der Waals surface area contributed by atoms with Gasteiger partial charge in [-0.15, -0.1) is 0 Å². The number of nitrogens with zero attached hydrogens (tertiary/aromatic N) is 2. The van der Waals surface area contributed by atoms with Crippen LogP contribution in [0.15, 0.2) is 35.2 Å². The van der Waals surface area contributed by atoms with Gasteiger partial charge in [-0.3, -0.25) is 4.90 Å². The largest absolute Gasteiger partial charge is 0.373 e. The molecule has 0 amide bonds. The fourth-order valence-electron chi connectivity index (χ4n) is 1.77. The summed E-state index contributed by atoms with van der Waals surface area (Å²) < 4.78 is 0. The van der Waals surface area contributed by atoms with Gasteiger partial charge in [-0.25, -0.2) is 4.98 Å². The monoisotopic (exact) mass is 247 g/mol. The predicted octanol–water partition coefficient (Wildman–Crippen LogP) is 2.82. The maximum absolute atomic E-state index is 4.21. The third kappa shape index (κ3) is 3.54. The van der Waals surface area contributed by atoms with Crippen molar-refractivity contribution in [2.75, 3.05) is 19.4 Å². The molecular weight excluding hydrogens is 230 g/mol. The van der Waals surface area contributed by atoms with Gasteiger partial charge in [0.1, 0.15) is 5.82 Å². The van der Waals surface area contributed by atoms with E-state index in [1.54, 1.807) is 11.3 Å². The average Bonchev–Trinajstić information content (AvgIpc) is 2.82. The van der Waals surface area contributed by atoms with E-state index in [0.29, 0.717) is 0 Å². The highest BCUT2D eigenvalue weighted by Gasteiger charge is 2.03. The second-order valence-corrected chi connectivity index (χ2v) is 4.88. The zero-order valence-corrected chi connectivity index (χ0v) is 11.0. The van der Waals surface area contributed by atoms with Gasteiger partial charge < -0.3 is 5.32 Å². The summed E-state index contributed by atoms with van der Waals surface area (Å²) >= 11 is 1.75. The standard InChI is InChI=1S/C13H17N3S/c1-14-13-7-11(3-5-15-13)8-16(2)9-12-4-6-17-10-12/h3-7,10H,8-9H2,1-2H3,(H,14,15). The van der Waals surface area contributed by atoms with Gasteiger partial charge in [-0.1, -0.05) is 0 Å². The Labute approximate surface area is 106 Å². The van der Waals surface area contributed by atoms with Crippen LogP contribution in [-0.2, 0) is 13.1 Å². The molecule has 2 aromatic rings. The lowest BCUT2D eigenvalue weighted by atomic mass is 10.2. The Bertz CT molecular complexity index is 453. The summed E-state index contributed by atoms with van der Waals surface area (Å²) in [7, 11) is 4.03. The zero-order valence-electron chi connectivity index (χ0n) is 10.2. The molecule has 2 rings (SSSR count). The lowest BCUT2D eigenvalue weighted by molar-refractivity contribution is 0.319. The first-order valence-corrected chi connectivity index (χ1v) is 6.54. The minimum absolute atomic E-state index is 0.923. The molecule has 17 heavy (non-hydrogen) atoms. The van der Waals surface area contributed by atoms with Crippen LogP contribution in [0, 0.1) is 0 Å². The Morgan fingerprint density at radius 3 is 2.82 bits per heavy atom. The number of hydrogen-bond donors (Lipinski definition) is 1. The Kier molecular flexibility index (Phi) is 4.12. The normalized spacial score (nSPS) is 10.8. The first kappa shape index (κ1) is 12.1. The van der Waals surface area contributed by atoms with Crippen molar-refractivity contribution in [3.63, 3.8) is 0 Å². The summed E-state index contributed by atoms with van der Waals surface area (Å²) in [5.74, 6) is 0.923. The summed E-state index contributed by atoms with van der Waals surface area (Å²) in [5.41, 5.74) is 2.66. The van der Waals surface area contributed by atoms with Crippen molar-refractivity contribution in [1.29, 1.82) is 0 Å². The number of hydrogen-bond acceptors (Lipinski definition) is 4. The Morgan fingerprint density at radius 1 is 1.29 bits per heavy atom. The van der Waals surface area contributed by atoms with Crippen LogP contribution in [-0.4, -0.2) is 24.0 Å². The van der Waals surface area contributed by atoms with Gasteiger partial charge in [0.25, 0.3) is 0 Å². The molecule has 0 spiro atoms. The SMILES string of the molecule is CNc1cc(CN(C)Cc2ccsc2)ccn1. The lowest BCUT2D eigenvalue weighted by Crippen LogP contribution is -2.16. The molecule has 0 atom stereocenters. The van der Waals surface area contributed by atoms with Crippen molar-refractivity contribution in [3.8, 4) is 0 Å². The number of pyridine rings is 1. The molecule has 0 saturated carbocycles. The first-order valence-electron chi connectivity index (χ1n) is 5.60. The van der Waals surface area contributed by atoms with Crippen molar-refractivity contribution < 1.29 is 0 Å². The molecule has 2 aromatic heterocycles. The van der Waals surface area contributed by atoms with E-state index < -0.39 is 0 Å². The highest BCUT2D eigenvalue weighted by atomic mass is 32.1. The number of aromatic nitrogens is 1. The fraction of sp³-hybridized carbons (Fsp3) is 0.308. The van der Waals surface area contributed by atoms with Gasteiger partial charge >= 0.3 is 0 Å². The highest BCUT2D eigenvalue weighted by Crippen LogP contribution is 2.12. The van der Waals surface area contributed by atoms with Crippen molar-refractivity contribution in [1.82, 2.24) is 9.88 Å². The van der Waals surface area contributed by atoms with Gasteiger partial charge in [0, 0.05) is 26.3 Å². The van der Waals surface area contributed by atoms with Crippen LogP contribution in [0.1, 0.15) is 11.1 Å². The number of rotatable bonds is 5. The fourth-order valence-corrected chi connectivity index (χ4v) is 2.43. The van der Waals surface area contributed by atoms with Gasteiger partial charge in [0.2, 0.25) is 0 Å². The van der Waals surface area contributed by atoms with Crippen LogP contribution in [0.5, 0.6) is 0 Å². The van der Waals surface area contributed by atoms with Crippen molar-refractivity contribution >= 4 is 17.2 Å². The quantitative estimate of drug-likeness (QED) is 0.880. The van der Waals surface area contributed by atoms with E-state index in [-0.39, 0.29) is 0 Å². The topological polar surface area (TPSA) is 28.2 Å². The molecule has 0 unspecified atom stereocenters. The maximum Gasteiger partial charge on any atom is 0.125 e. The van der Waals surface area contributed by atoms with E-state index in [0.717, 1.165) is 18.9 Å². The van der Waals surface area contributed by atoms with Crippen LogP contribution in [0.3, 0.4) is 0 Å². The molecule has 3 nitrogen and oxygen atoms in total. The van der Waals surface area contributed by atoms with Crippen LogP contribution >= 0.6 is 11.3 Å². The van der Waals surface area contributed by atoms with E-state index in [2.05, 4.69) is 51.2 Å². The van der Waals surface area contributed by atoms with Gasteiger partial charge in [0.05, 0.1) is 0 Å². The van der Waals surface area contributed by atoms with Gasteiger partial charge in [0.15, 0.2) is 0 Å². The van der Waals surface area contributed by atoms with E-state index in [4.69, 9.17) is 0 Å². The first-order chi connectivity index (χ1) is 8.28. The summed E-state index contributed by atoms with van der Waals surface area (Å²) in [5, 5.41) is 7.37. The van der Waals surface area contributed by atoms with Crippen LogP contribution in [0.2, 0.25) is 0 Å². The number of nitrogens with one attached hydrogen (secondary N) is 1. The Morgan fingerprint density at radius 2 is 2.12 bits per heavy atom. The minimum Gasteiger partial charge on any atom is -0.373 e. The van der Waals surface area contributed by atoms with Crippen molar-refractivity contribution in [2.24, 2.45) is 0 Å². The molecule has 0 aliphatic rings. The van der Waals surface area contributed by atoms with E-state index in [1.165, 1.54) is 11.1 Å². The molecule has 0 radical (unpaired) electrons. The third-order valence-electron chi connectivity index (χ3n) is 2.57. The molecule has 0 fully saturated rings. The molecular formula is C13H17N3S. The molecule has 0 bridgehead atoms. The third-order valence-corrected chi connectivity index (χ3v) is 3.30. The molecule has 1 N–H and O–H groups in total. The molecule has 0 saturated heterocycles. The smallest absolute Gasteiger partial charge is 0.125 e. The summed E-state index contributed by atoms with van der Waals surface area (Å²) in [4.78, 5) is 6.52. The van der Waals surface area contributed by atoms with Crippen molar-refractivity contribution in [2.45, 2.75) is 13.1 Å². The molecule has 90 valence electrons. The lowest BCUT2D eigenvalue weighted by Gasteiger charge is -2.16. The average molecular weight is 247 g/mol. The summed E-state index contributed by atoms with van der Waals surface area (Å²) in [6.45, 7) is 1.92. The molecule has 2 heterocycles. The summed E-state index contributed by atoms with van der Waals surface area (Å²) in [6, 6.07) is 6.32. The van der Waals surface area contributed by atoms with Gasteiger partial charge in [-0.05, 0) is 47.1 Å². The molecule has 0 aliphatic carbocycles. The van der Waals surface area contributed by atoms with Crippen LogP contribution in [0.25, 0.3) is 0 Å². The number of anilines is 1. The number of thiophene rings is 1. The van der Waals surface area contributed by atoms with E-state index in [1.807, 2.05) is 13.2 Å². The van der Waals surface area contributed by atoms with Crippen LogP contribution < -0.4 is 5.32 Å². The maximum atomic E-state index is 4.21. The summed E-state index contributed by atoms with van der Waals surface area (Å²) in [6.07, 6.45) is 1.85. The van der Waals surface area contributed by atoms with Crippen molar-refractivity contribution in [3.05, 3.63) is 46.3 Å². The van der Waals surface area contributed by atoms with E-state index >= 15 is 0 Å². The second kappa shape index (κ2) is 5.80. The second-order valence-electron chi connectivity index (χ2n) is 4.10. The van der Waals surface area contributed by atoms with Crippen LogP contribution in [0.4, 0.5) is 5.82 Å². The van der Waals surface area contributed by atoms with E-state index in [9.17, 15) is 0 Å². The Balaban J connectivity index is 1.95.